The molecule has 8 N–H and O–H groups in total. The molecule has 2 aliphatic heterocycles. The molecule has 0 bridgehead atoms. The number of hydrogen-bond acceptors (Lipinski definition) is 11. The smallest absolute Gasteiger partial charge is 0.394 e. The third kappa shape index (κ3) is 4.05. The van der Waals surface area contributed by atoms with Crippen molar-refractivity contribution in [2.45, 2.75) is 54.8 Å². The number of ether oxygens (including phenoxy) is 3. The second kappa shape index (κ2) is 9.15. The van der Waals surface area contributed by atoms with E-state index in [1.165, 1.54) is 0 Å². The molecular weight excluding hydrogens is 360 g/mol. The van der Waals surface area contributed by atoms with Crippen LogP contribution in [-0.2, 0) is 14.2 Å². The fourth-order valence-electron chi connectivity index (χ4n) is 2.63. The molecule has 0 aliphatic carbocycles. The van der Waals surface area contributed by atoms with Crippen molar-refractivity contribution < 1.29 is 55.1 Å². The third-order valence-electron chi connectivity index (χ3n) is 4.07. The van der Waals surface area contributed by atoms with Crippen molar-refractivity contribution in [1.29, 1.82) is 0 Å². The van der Waals surface area contributed by atoms with E-state index in [0.717, 1.165) is 0 Å². The number of aliphatic hydroxyl groups excluding tert-OH is 8. The summed E-state index contributed by atoms with van der Waals surface area (Å²) in [7, 11) is 0. The summed E-state index contributed by atoms with van der Waals surface area (Å²) in [6.45, 7) is -2.32. The van der Waals surface area contributed by atoms with Crippen LogP contribution in [0, 0.1) is 0 Å². The van der Waals surface area contributed by atoms with E-state index in [2.05, 4.69) is 0 Å². The molecule has 0 spiro atoms. The zero-order valence-corrected chi connectivity index (χ0v) is 15.0. The molecule has 136 valence electrons. The second-order valence-electron chi connectivity index (χ2n) is 5.56. The minimum atomic E-state index is -2.22. The van der Waals surface area contributed by atoms with Gasteiger partial charge in [-0.25, -0.2) is 0 Å². The molecule has 11 nitrogen and oxygen atoms in total. The Labute approximate surface area is 167 Å². The van der Waals surface area contributed by atoms with Crippen molar-refractivity contribution in [3.8, 4) is 0 Å². The zero-order valence-electron chi connectivity index (χ0n) is 12.7. The Kier molecular flexibility index (Phi) is 8.71. The van der Waals surface area contributed by atoms with Gasteiger partial charge in [0.05, 0.1) is 13.2 Å². The molecule has 2 saturated heterocycles. The van der Waals surface area contributed by atoms with Gasteiger partial charge in [-0.15, -0.1) is 0 Å². The average Bonchev–Trinajstić information content (AvgIpc) is 2.80. The molecule has 0 saturated carbocycles. The largest absolute Gasteiger partial charge is 2.00 e. The molecule has 9 atom stereocenters. The third-order valence-corrected chi connectivity index (χ3v) is 4.07. The summed E-state index contributed by atoms with van der Waals surface area (Å²) >= 11 is 0. The second-order valence-corrected chi connectivity index (χ2v) is 5.56. The van der Waals surface area contributed by atoms with Crippen LogP contribution in [0.3, 0.4) is 0 Å². The predicted octanol–water partition coefficient (Wildman–Crippen LogP) is -5.78. The summed E-state index contributed by atoms with van der Waals surface area (Å²) < 4.78 is 15.4. The quantitative estimate of drug-likeness (QED) is 0.211. The Hall–Kier alpha value is 0.820. The Balaban J connectivity index is 0.00000288. The molecule has 24 heavy (non-hydrogen) atoms. The van der Waals surface area contributed by atoms with E-state index in [9.17, 15) is 30.6 Å². The summed E-state index contributed by atoms with van der Waals surface area (Å²) in [5.74, 6) is -2.22. The maximum Gasteiger partial charge on any atom is 2.00 e. The maximum absolute atomic E-state index is 10.00. The molecule has 0 amide bonds. The van der Waals surface area contributed by atoms with Crippen molar-refractivity contribution in [3.63, 3.8) is 0 Å². The zero-order chi connectivity index (χ0) is 17.4. The summed E-state index contributed by atoms with van der Waals surface area (Å²) in [4.78, 5) is 0. The van der Waals surface area contributed by atoms with Gasteiger partial charge in [-0.2, -0.15) is 0 Å². The van der Waals surface area contributed by atoms with Crippen LogP contribution in [0.25, 0.3) is 0 Å². The number of hydrogen-bond donors (Lipinski definition) is 8. The first kappa shape index (κ1) is 22.9. The first-order valence-corrected chi connectivity index (χ1v) is 7.05. The van der Waals surface area contributed by atoms with Crippen LogP contribution in [0.5, 0.6) is 0 Å². The van der Waals surface area contributed by atoms with Gasteiger partial charge in [-0.05, 0) is 0 Å². The van der Waals surface area contributed by atoms with Gasteiger partial charge in [0.2, 0.25) is 5.79 Å². The fourth-order valence-corrected chi connectivity index (χ4v) is 2.63. The molecule has 0 aromatic carbocycles. The summed E-state index contributed by atoms with van der Waals surface area (Å²) in [5, 5.41) is 76.7. The van der Waals surface area contributed by atoms with Crippen molar-refractivity contribution in [2.75, 3.05) is 19.8 Å². The van der Waals surface area contributed by atoms with Crippen molar-refractivity contribution in [3.05, 3.63) is 0 Å². The average molecular weight is 382 g/mol. The molecule has 2 aliphatic rings. The van der Waals surface area contributed by atoms with Crippen LogP contribution in [0.4, 0.5) is 0 Å². The number of aliphatic hydroxyl groups is 8. The van der Waals surface area contributed by atoms with Gasteiger partial charge in [0.15, 0.2) is 6.29 Å². The predicted molar refractivity (Wildman–Crippen MR) is 74.4 cm³/mol. The minimum absolute atomic E-state index is 0. The Morgan fingerprint density at radius 2 is 1.38 bits per heavy atom. The molecule has 0 unspecified atom stereocenters. The van der Waals surface area contributed by atoms with E-state index in [1.54, 1.807) is 0 Å². The van der Waals surface area contributed by atoms with E-state index in [4.69, 9.17) is 24.4 Å². The van der Waals surface area contributed by atoms with Crippen LogP contribution >= 0.6 is 0 Å². The molecule has 0 aromatic heterocycles. The molecule has 12 heteroatoms. The molecular formula is C12H22CaO11+2. The van der Waals surface area contributed by atoms with Crippen LogP contribution in [0.1, 0.15) is 0 Å². The monoisotopic (exact) mass is 382 g/mol. The minimum Gasteiger partial charge on any atom is -0.394 e. The summed E-state index contributed by atoms with van der Waals surface area (Å²) in [6, 6.07) is 0. The Bertz CT molecular complexity index is 399. The molecule has 0 aromatic rings. The topological polar surface area (TPSA) is 190 Å². The Morgan fingerprint density at radius 1 is 0.792 bits per heavy atom. The molecule has 0 radical (unpaired) electrons. The standard InChI is InChI=1S/C12H22O11.Ca/c13-1-4-6(16)8(18)9(19)11(21-4)23-12(3-15)10(20)7(17)5(2-14)22-12;/h4-11,13-20H,1-3H2;/q;+2/t4-,5-,6-,7-,8+,9-,10+,11-,12-;/m1./s1. The first-order chi connectivity index (χ1) is 10.8. The molecule has 2 rings (SSSR count). The van der Waals surface area contributed by atoms with E-state index in [-0.39, 0.29) is 37.7 Å². The van der Waals surface area contributed by atoms with E-state index < -0.39 is 74.6 Å². The fraction of sp³-hybridized carbons (Fsp3) is 1.00. The van der Waals surface area contributed by atoms with Gasteiger partial charge in [0.1, 0.15) is 49.3 Å². The summed E-state index contributed by atoms with van der Waals surface area (Å²) in [5.41, 5.74) is 0. The van der Waals surface area contributed by atoms with Gasteiger partial charge in [-0.1, -0.05) is 0 Å². The van der Waals surface area contributed by atoms with Gasteiger partial charge >= 0.3 is 37.7 Å². The Morgan fingerprint density at radius 3 is 1.83 bits per heavy atom. The van der Waals surface area contributed by atoms with Gasteiger partial charge < -0.3 is 55.1 Å². The van der Waals surface area contributed by atoms with Gasteiger partial charge in [0.25, 0.3) is 0 Å². The van der Waals surface area contributed by atoms with Crippen LogP contribution in [0.2, 0.25) is 0 Å². The normalized spacial score (nSPS) is 49.0. The molecule has 2 fully saturated rings. The summed E-state index contributed by atoms with van der Waals surface area (Å²) in [6.07, 6.45) is -12.7. The van der Waals surface area contributed by atoms with Crippen molar-refractivity contribution in [2.24, 2.45) is 0 Å². The van der Waals surface area contributed by atoms with E-state index >= 15 is 0 Å². The van der Waals surface area contributed by atoms with Crippen LogP contribution < -0.4 is 0 Å². The maximum atomic E-state index is 10.00. The first-order valence-electron chi connectivity index (χ1n) is 7.05. The van der Waals surface area contributed by atoms with E-state index in [0.29, 0.717) is 0 Å². The SMILES string of the molecule is OC[C@H]1O[C@](CO)(O[C@H]2O[C@H](CO)[C@@H](O)[C@H](O)[C@H]2O)[C@@H](O)[C@@H]1O.[Ca+2]. The molecule has 2 heterocycles. The van der Waals surface area contributed by atoms with E-state index in [1.807, 2.05) is 0 Å². The van der Waals surface area contributed by atoms with Crippen LogP contribution in [0.15, 0.2) is 0 Å². The van der Waals surface area contributed by atoms with Gasteiger partial charge in [-0.3, -0.25) is 0 Å². The van der Waals surface area contributed by atoms with Gasteiger partial charge in [0, 0.05) is 0 Å². The van der Waals surface area contributed by atoms with Crippen molar-refractivity contribution in [1.82, 2.24) is 0 Å². The number of rotatable bonds is 5. The van der Waals surface area contributed by atoms with Crippen LogP contribution in [-0.4, -0.2) is 153 Å². The van der Waals surface area contributed by atoms with Crippen molar-refractivity contribution >= 4 is 37.7 Å².